The number of aliphatic hydroxyl groups is 4. The summed E-state index contributed by atoms with van der Waals surface area (Å²) >= 11 is 0. The Morgan fingerprint density at radius 2 is 0.682 bits per heavy atom. The Labute approximate surface area is 410 Å². The van der Waals surface area contributed by atoms with Crippen LogP contribution in [0.25, 0.3) is 0 Å². The topological polar surface area (TPSA) is 110 Å². The number of aliphatic hydroxyl groups excluding tert-OH is 4. The zero-order chi connectivity index (χ0) is 48.1. The number of hydrogen-bond acceptors (Lipinski definition) is 5. The fraction of sp³-hybridized carbons (Fsp3) is 0.817. The quantitative estimate of drug-likeness (QED) is 0.0308. The summed E-state index contributed by atoms with van der Waals surface area (Å²) in [5.74, 6) is -0.607. The number of nitrogens with one attached hydrogen (secondary N) is 1. The molecule has 4 unspecified atom stereocenters. The Morgan fingerprint density at radius 3 is 1.05 bits per heavy atom. The van der Waals surface area contributed by atoms with Crippen molar-refractivity contribution in [2.45, 2.75) is 308 Å². The molecule has 0 rings (SSSR count). The van der Waals surface area contributed by atoms with E-state index < -0.39 is 36.9 Å². The number of amides is 1. The van der Waals surface area contributed by atoms with Crippen LogP contribution in [0.1, 0.15) is 284 Å². The van der Waals surface area contributed by atoms with Crippen LogP contribution in [0, 0.1) is 0 Å². The molecule has 0 aliphatic heterocycles. The fourth-order valence-corrected chi connectivity index (χ4v) is 8.64. The predicted octanol–water partition coefficient (Wildman–Crippen LogP) is 16.8. The molecule has 0 spiro atoms. The molecule has 0 aromatic rings. The smallest absolute Gasteiger partial charge is 0.249 e. The minimum atomic E-state index is -1.30. The first kappa shape index (κ1) is 64.0. The van der Waals surface area contributed by atoms with Crippen LogP contribution < -0.4 is 5.32 Å². The van der Waals surface area contributed by atoms with Gasteiger partial charge in [-0.05, 0) is 96.3 Å². The van der Waals surface area contributed by atoms with Gasteiger partial charge in [0.2, 0.25) is 5.91 Å². The van der Waals surface area contributed by atoms with Crippen molar-refractivity contribution in [3.8, 4) is 0 Å². The summed E-state index contributed by atoms with van der Waals surface area (Å²) in [6, 6.07) is -1.02. The van der Waals surface area contributed by atoms with Crippen LogP contribution in [0.15, 0.2) is 60.8 Å². The Morgan fingerprint density at radius 1 is 0.379 bits per heavy atom. The SMILES string of the molecule is CCCCCCCCCCC/C=C\C/C=C\CCCCCCCCC(O)C(=O)NC(CO)C(O)C(O)CCC/C=C/CC/C=C/CC/C=C/CCCCCCCCCCCCCCCCC. The summed E-state index contributed by atoms with van der Waals surface area (Å²) in [5, 5.41) is 43.9. The van der Waals surface area contributed by atoms with E-state index in [0.717, 1.165) is 70.6 Å². The second-order valence-corrected chi connectivity index (χ2v) is 19.6. The molecule has 6 nitrogen and oxygen atoms in total. The van der Waals surface area contributed by atoms with Gasteiger partial charge in [-0.2, -0.15) is 0 Å². The maximum Gasteiger partial charge on any atom is 0.249 e. The van der Waals surface area contributed by atoms with Crippen molar-refractivity contribution in [3.05, 3.63) is 60.8 Å². The molecule has 0 aliphatic carbocycles. The Hall–Kier alpha value is -1.99. The number of carbonyl (C=O) groups is 1. The lowest BCUT2D eigenvalue weighted by atomic mass is 10.00. The van der Waals surface area contributed by atoms with E-state index in [0.29, 0.717) is 19.3 Å². The van der Waals surface area contributed by atoms with Gasteiger partial charge in [0.25, 0.3) is 0 Å². The number of hydrogen-bond donors (Lipinski definition) is 5. The van der Waals surface area contributed by atoms with Gasteiger partial charge in [-0.3, -0.25) is 4.79 Å². The van der Waals surface area contributed by atoms with Crippen LogP contribution in [-0.4, -0.2) is 57.3 Å². The molecule has 66 heavy (non-hydrogen) atoms. The lowest BCUT2D eigenvalue weighted by Gasteiger charge is -2.27. The first-order chi connectivity index (χ1) is 32.5. The standard InChI is InChI=1S/C60H111NO5/c1-3-5-7-9-11-13-15-17-19-21-23-25-27-28-29-30-31-32-34-35-37-39-41-43-45-47-49-51-53-57(63)59(65)56(55-62)61-60(66)58(64)54-52-50-48-46-44-42-40-38-36-33-26-24-22-20-18-16-14-12-10-8-6-4-2/h24,26,31-32,36-39,45,47,56-59,62-65H,3-23,25,27-30,33-35,40-44,46,48-55H2,1-2H3,(H,61,66)/b26-24-,32-31+,38-36-,39-37+,47-45+. The van der Waals surface area contributed by atoms with E-state index in [2.05, 4.69) is 79.9 Å². The predicted molar refractivity (Wildman–Crippen MR) is 288 cm³/mol. The maximum absolute atomic E-state index is 12.6. The van der Waals surface area contributed by atoms with E-state index in [1.54, 1.807) is 0 Å². The molecule has 4 atom stereocenters. The number of carbonyl (C=O) groups excluding carboxylic acids is 1. The van der Waals surface area contributed by atoms with E-state index >= 15 is 0 Å². The van der Waals surface area contributed by atoms with Crippen LogP contribution in [0.5, 0.6) is 0 Å². The molecule has 386 valence electrons. The largest absolute Gasteiger partial charge is 0.394 e. The highest BCUT2D eigenvalue weighted by Crippen LogP contribution is 2.16. The lowest BCUT2D eigenvalue weighted by Crippen LogP contribution is -2.53. The first-order valence-electron chi connectivity index (χ1n) is 28.7. The molecular formula is C60H111NO5. The summed E-state index contributed by atoms with van der Waals surface area (Å²) in [4.78, 5) is 12.6. The third kappa shape index (κ3) is 47.1. The van der Waals surface area contributed by atoms with Gasteiger partial charge in [0.05, 0.1) is 18.8 Å². The van der Waals surface area contributed by atoms with E-state index in [4.69, 9.17) is 0 Å². The molecule has 0 heterocycles. The summed E-state index contributed by atoms with van der Waals surface area (Å²) in [5.41, 5.74) is 0. The van der Waals surface area contributed by atoms with Gasteiger partial charge in [-0.15, -0.1) is 0 Å². The van der Waals surface area contributed by atoms with Gasteiger partial charge >= 0.3 is 0 Å². The highest BCUT2D eigenvalue weighted by molar-refractivity contribution is 5.80. The third-order valence-corrected chi connectivity index (χ3v) is 13.2. The van der Waals surface area contributed by atoms with Crippen LogP contribution in [0.3, 0.4) is 0 Å². The number of allylic oxidation sites excluding steroid dienone is 10. The van der Waals surface area contributed by atoms with E-state index in [1.807, 2.05) is 0 Å². The van der Waals surface area contributed by atoms with Gasteiger partial charge in [-0.1, -0.05) is 248 Å². The van der Waals surface area contributed by atoms with Crippen LogP contribution >= 0.6 is 0 Å². The molecule has 0 aromatic carbocycles. The van der Waals surface area contributed by atoms with Gasteiger partial charge in [0, 0.05) is 0 Å². The van der Waals surface area contributed by atoms with Crippen LogP contribution in [0.4, 0.5) is 0 Å². The molecule has 0 fully saturated rings. The van der Waals surface area contributed by atoms with Crippen molar-refractivity contribution in [1.29, 1.82) is 0 Å². The first-order valence-corrected chi connectivity index (χ1v) is 28.7. The van der Waals surface area contributed by atoms with E-state index in [9.17, 15) is 25.2 Å². The number of unbranched alkanes of at least 4 members (excludes halogenated alkanes) is 33. The third-order valence-electron chi connectivity index (χ3n) is 13.2. The summed E-state index contributed by atoms with van der Waals surface area (Å²) < 4.78 is 0. The minimum Gasteiger partial charge on any atom is -0.394 e. The summed E-state index contributed by atoms with van der Waals surface area (Å²) in [6.07, 6.45) is 70.0. The zero-order valence-corrected chi connectivity index (χ0v) is 43.7. The van der Waals surface area contributed by atoms with Gasteiger partial charge in [0.1, 0.15) is 12.2 Å². The molecule has 0 saturated carbocycles. The molecule has 0 bridgehead atoms. The minimum absolute atomic E-state index is 0.344. The van der Waals surface area contributed by atoms with Crippen molar-refractivity contribution in [1.82, 2.24) is 5.32 Å². The molecule has 0 radical (unpaired) electrons. The van der Waals surface area contributed by atoms with E-state index in [1.165, 1.54) is 180 Å². The lowest BCUT2D eigenvalue weighted by molar-refractivity contribution is -0.132. The Kier molecular flexibility index (Phi) is 52.3. The maximum atomic E-state index is 12.6. The van der Waals surface area contributed by atoms with Crippen molar-refractivity contribution >= 4 is 5.91 Å². The van der Waals surface area contributed by atoms with Crippen molar-refractivity contribution in [3.63, 3.8) is 0 Å². The normalized spacial score (nSPS) is 14.2. The van der Waals surface area contributed by atoms with Gasteiger partial charge in [-0.25, -0.2) is 0 Å². The van der Waals surface area contributed by atoms with Crippen LogP contribution in [0.2, 0.25) is 0 Å². The molecule has 1 amide bonds. The summed E-state index contributed by atoms with van der Waals surface area (Å²) in [6.45, 7) is 4.06. The zero-order valence-electron chi connectivity index (χ0n) is 43.7. The second-order valence-electron chi connectivity index (χ2n) is 19.6. The monoisotopic (exact) mass is 926 g/mol. The fourth-order valence-electron chi connectivity index (χ4n) is 8.64. The van der Waals surface area contributed by atoms with Crippen LogP contribution in [-0.2, 0) is 4.79 Å². The van der Waals surface area contributed by atoms with Crippen molar-refractivity contribution < 1.29 is 25.2 Å². The van der Waals surface area contributed by atoms with Gasteiger partial charge < -0.3 is 25.7 Å². The highest BCUT2D eigenvalue weighted by atomic mass is 16.3. The van der Waals surface area contributed by atoms with E-state index in [-0.39, 0.29) is 0 Å². The second kappa shape index (κ2) is 54.0. The molecular weight excluding hydrogens is 815 g/mol. The molecule has 6 heteroatoms. The molecule has 0 saturated heterocycles. The molecule has 0 aliphatic rings. The molecule has 5 N–H and O–H groups in total. The number of rotatable bonds is 52. The average molecular weight is 927 g/mol. The van der Waals surface area contributed by atoms with Gasteiger partial charge in [0.15, 0.2) is 0 Å². The van der Waals surface area contributed by atoms with Crippen molar-refractivity contribution in [2.75, 3.05) is 6.61 Å². The van der Waals surface area contributed by atoms with Crippen molar-refractivity contribution in [2.24, 2.45) is 0 Å². The highest BCUT2D eigenvalue weighted by Gasteiger charge is 2.28. The molecule has 0 aromatic heterocycles. The average Bonchev–Trinajstić information content (AvgIpc) is 3.32. The summed E-state index contributed by atoms with van der Waals surface area (Å²) in [7, 11) is 0. The Balaban J connectivity index is 3.74. The Bertz CT molecular complexity index is 1130.